The molecule has 19 heavy (non-hydrogen) atoms. The van der Waals surface area contributed by atoms with E-state index < -0.39 is 0 Å². The SMILES string of the molecule is NCC1(CO)CC2CCC(C1)N2Cc1ccccc1. The fraction of sp³-hybridized carbons (Fsp3) is 0.625. The molecule has 2 heterocycles. The number of piperidine rings is 1. The zero-order valence-corrected chi connectivity index (χ0v) is 11.5. The highest BCUT2D eigenvalue weighted by Crippen LogP contribution is 2.45. The molecular formula is C16H24N2O. The van der Waals surface area contributed by atoms with Gasteiger partial charge in [0, 0.05) is 30.6 Å². The summed E-state index contributed by atoms with van der Waals surface area (Å²) in [5.41, 5.74) is 7.30. The maximum atomic E-state index is 9.68. The van der Waals surface area contributed by atoms with Crippen molar-refractivity contribution in [3.63, 3.8) is 0 Å². The Morgan fingerprint density at radius 2 is 1.79 bits per heavy atom. The Bertz CT molecular complexity index is 400. The van der Waals surface area contributed by atoms with E-state index in [0.29, 0.717) is 18.6 Å². The molecule has 104 valence electrons. The predicted octanol–water partition coefficient (Wildman–Crippen LogP) is 1.75. The van der Waals surface area contributed by atoms with Crippen LogP contribution in [0.3, 0.4) is 0 Å². The van der Waals surface area contributed by atoms with E-state index in [0.717, 1.165) is 19.4 Å². The van der Waals surface area contributed by atoms with Crippen LogP contribution in [0.4, 0.5) is 0 Å². The largest absolute Gasteiger partial charge is 0.396 e. The van der Waals surface area contributed by atoms with E-state index in [1.807, 2.05) is 0 Å². The first-order chi connectivity index (χ1) is 9.26. The maximum absolute atomic E-state index is 9.68. The van der Waals surface area contributed by atoms with Crippen molar-refractivity contribution in [3.05, 3.63) is 35.9 Å². The number of benzene rings is 1. The number of rotatable bonds is 4. The van der Waals surface area contributed by atoms with Gasteiger partial charge in [0.1, 0.15) is 0 Å². The average Bonchev–Trinajstić information content (AvgIpc) is 2.72. The minimum Gasteiger partial charge on any atom is -0.396 e. The lowest BCUT2D eigenvalue weighted by Gasteiger charge is -2.45. The van der Waals surface area contributed by atoms with Crippen molar-refractivity contribution in [3.8, 4) is 0 Å². The fourth-order valence-corrected chi connectivity index (χ4v) is 3.95. The summed E-state index contributed by atoms with van der Waals surface area (Å²) >= 11 is 0. The fourth-order valence-electron chi connectivity index (χ4n) is 3.95. The highest BCUT2D eigenvalue weighted by molar-refractivity contribution is 5.16. The Kier molecular flexibility index (Phi) is 3.61. The predicted molar refractivity (Wildman–Crippen MR) is 76.6 cm³/mol. The first-order valence-electron chi connectivity index (χ1n) is 7.37. The van der Waals surface area contributed by atoms with Gasteiger partial charge in [-0.25, -0.2) is 0 Å². The molecule has 1 aromatic rings. The van der Waals surface area contributed by atoms with Crippen molar-refractivity contribution in [1.82, 2.24) is 4.90 Å². The zero-order chi connectivity index (χ0) is 13.3. The van der Waals surface area contributed by atoms with Gasteiger partial charge in [0.05, 0.1) is 6.61 Å². The Hall–Kier alpha value is -0.900. The molecule has 2 unspecified atom stereocenters. The molecule has 1 aromatic carbocycles. The number of hydrogen-bond donors (Lipinski definition) is 2. The topological polar surface area (TPSA) is 49.5 Å². The lowest BCUT2D eigenvalue weighted by atomic mass is 9.75. The molecular weight excluding hydrogens is 236 g/mol. The summed E-state index contributed by atoms with van der Waals surface area (Å²) in [5, 5.41) is 9.68. The van der Waals surface area contributed by atoms with Crippen LogP contribution in [0.5, 0.6) is 0 Å². The van der Waals surface area contributed by atoms with E-state index in [2.05, 4.69) is 35.2 Å². The summed E-state index contributed by atoms with van der Waals surface area (Å²) in [5.74, 6) is 0. The number of nitrogens with two attached hydrogens (primary N) is 1. The number of fused-ring (bicyclic) bond motifs is 2. The van der Waals surface area contributed by atoms with Gasteiger partial charge >= 0.3 is 0 Å². The molecule has 0 amide bonds. The van der Waals surface area contributed by atoms with E-state index in [4.69, 9.17) is 5.73 Å². The second-order valence-electron chi connectivity index (χ2n) is 6.31. The van der Waals surface area contributed by atoms with Gasteiger partial charge in [0.25, 0.3) is 0 Å². The van der Waals surface area contributed by atoms with Gasteiger partial charge in [-0.3, -0.25) is 4.90 Å². The number of aliphatic hydroxyl groups excluding tert-OH is 1. The molecule has 3 rings (SSSR count). The van der Waals surface area contributed by atoms with Gasteiger partial charge in [-0.2, -0.15) is 0 Å². The molecule has 2 saturated heterocycles. The molecule has 3 nitrogen and oxygen atoms in total. The summed E-state index contributed by atoms with van der Waals surface area (Å²) in [6.07, 6.45) is 4.64. The monoisotopic (exact) mass is 260 g/mol. The van der Waals surface area contributed by atoms with E-state index in [9.17, 15) is 5.11 Å². The molecule has 0 spiro atoms. The summed E-state index contributed by atoms with van der Waals surface area (Å²) in [7, 11) is 0. The summed E-state index contributed by atoms with van der Waals surface area (Å²) < 4.78 is 0. The van der Waals surface area contributed by atoms with Crippen molar-refractivity contribution in [2.45, 2.75) is 44.3 Å². The molecule has 0 saturated carbocycles. The Morgan fingerprint density at radius 3 is 2.32 bits per heavy atom. The van der Waals surface area contributed by atoms with Gasteiger partial charge < -0.3 is 10.8 Å². The van der Waals surface area contributed by atoms with Crippen molar-refractivity contribution in [1.29, 1.82) is 0 Å². The van der Waals surface area contributed by atoms with Crippen LogP contribution in [-0.4, -0.2) is 35.2 Å². The van der Waals surface area contributed by atoms with Crippen LogP contribution in [0, 0.1) is 5.41 Å². The first-order valence-corrected chi connectivity index (χ1v) is 7.37. The standard InChI is InChI=1S/C16H24N2O/c17-11-16(12-19)8-14-6-7-15(9-16)18(14)10-13-4-2-1-3-5-13/h1-5,14-15,19H,6-12,17H2. The van der Waals surface area contributed by atoms with E-state index in [1.165, 1.54) is 18.4 Å². The second kappa shape index (κ2) is 5.23. The van der Waals surface area contributed by atoms with E-state index in [-0.39, 0.29) is 12.0 Å². The third-order valence-corrected chi connectivity index (χ3v) is 5.08. The third kappa shape index (κ3) is 2.42. The summed E-state index contributed by atoms with van der Waals surface area (Å²) in [4.78, 5) is 2.64. The molecule has 0 aliphatic carbocycles. The second-order valence-corrected chi connectivity index (χ2v) is 6.31. The summed E-state index contributed by atoms with van der Waals surface area (Å²) in [6.45, 7) is 1.91. The lowest BCUT2D eigenvalue weighted by molar-refractivity contribution is 0.00376. The van der Waals surface area contributed by atoms with E-state index in [1.54, 1.807) is 0 Å². The van der Waals surface area contributed by atoms with Crippen LogP contribution in [0.15, 0.2) is 30.3 Å². The van der Waals surface area contributed by atoms with Gasteiger partial charge in [0.2, 0.25) is 0 Å². The molecule has 3 N–H and O–H groups in total. The van der Waals surface area contributed by atoms with Crippen LogP contribution < -0.4 is 5.73 Å². The number of nitrogens with zero attached hydrogens (tertiary/aromatic N) is 1. The molecule has 3 heteroatoms. The third-order valence-electron chi connectivity index (χ3n) is 5.08. The van der Waals surface area contributed by atoms with Crippen LogP contribution in [0.1, 0.15) is 31.2 Å². The van der Waals surface area contributed by atoms with Crippen LogP contribution >= 0.6 is 0 Å². The number of aliphatic hydroxyl groups is 1. The zero-order valence-electron chi connectivity index (χ0n) is 11.5. The Labute approximate surface area is 115 Å². The Balaban J connectivity index is 1.73. The van der Waals surface area contributed by atoms with Gasteiger partial charge in [0.15, 0.2) is 0 Å². The molecule has 2 aliphatic heterocycles. The average molecular weight is 260 g/mol. The van der Waals surface area contributed by atoms with Crippen LogP contribution in [0.2, 0.25) is 0 Å². The smallest absolute Gasteiger partial charge is 0.0500 e. The quantitative estimate of drug-likeness (QED) is 0.867. The lowest BCUT2D eigenvalue weighted by Crippen LogP contribution is -2.51. The Morgan fingerprint density at radius 1 is 1.16 bits per heavy atom. The van der Waals surface area contributed by atoms with Crippen molar-refractivity contribution in [2.75, 3.05) is 13.2 Å². The van der Waals surface area contributed by atoms with Crippen molar-refractivity contribution < 1.29 is 5.11 Å². The van der Waals surface area contributed by atoms with Crippen LogP contribution in [-0.2, 0) is 6.54 Å². The van der Waals surface area contributed by atoms with Crippen LogP contribution in [0.25, 0.3) is 0 Å². The molecule has 0 aromatic heterocycles. The molecule has 2 bridgehead atoms. The van der Waals surface area contributed by atoms with Crippen molar-refractivity contribution >= 4 is 0 Å². The molecule has 2 aliphatic rings. The van der Waals surface area contributed by atoms with Gasteiger partial charge in [-0.05, 0) is 31.2 Å². The first kappa shape index (κ1) is 13.1. The molecule has 2 fully saturated rings. The maximum Gasteiger partial charge on any atom is 0.0500 e. The highest BCUT2D eigenvalue weighted by Gasteiger charge is 2.47. The minimum atomic E-state index is -0.0149. The minimum absolute atomic E-state index is 0.0149. The normalized spacial score (nSPS) is 34.6. The molecule has 2 atom stereocenters. The number of hydrogen-bond acceptors (Lipinski definition) is 3. The van der Waals surface area contributed by atoms with Gasteiger partial charge in [-0.1, -0.05) is 30.3 Å². The van der Waals surface area contributed by atoms with E-state index >= 15 is 0 Å². The van der Waals surface area contributed by atoms with Crippen molar-refractivity contribution in [2.24, 2.45) is 11.1 Å². The van der Waals surface area contributed by atoms with Gasteiger partial charge in [-0.15, -0.1) is 0 Å². The highest BCUT2D eigenvalue weighted by atomic mass is 16.3. The summed E-state index contributed by atoms with van der Waals surface area (Å²) in [6, 6.07) is 11.9. The molecule has 0 radical (unpaired) electrons.